The third-order valence-corrected chi connectivity index (χ3v) is 2.04. The molecule has 0 aromatic carbocycles. The van der Waals surface area contributed by atoms with Crippen molar-refractivity contribution in [1.82, 2.24) is 9.97 Å². The number of aromatic nitrogens is 2. The van der Waals surface area contributed by atoms with Gasteiger partial charge in [-0.2, -0.15) is 0 Å². The minimum atomic E-state index is -3.77. The molecule has 6 heteroatoms. The van der Waals surface area contributed by atoms with Crippen LogP contribution in [0.25, 0.3) is 0 Å². The first kappa shape index (κ1) is 8.42. The topological polar surface area (TPSA) is 59.9 Å². The van der Waals surface area contributed by atoms with Crippen LogP contribution in [0.3, 0.4) is 0 Å². The smallest absolute Gasteiger partial charge is 0.225 e. The fourth-order valence-electron chi connectivity index (χ4n) is 0.507. The average Bonchev–Trinajstić information content (AvgIpc) is 1.86. The molecular weight excluding hydrogens is 188 g/mol. The van der Waals surface area contributed by atoms with Crippen LogP contribution in [-0.2, 0) is 9.05 Å². The van der Waals surface area contributed by atoms with Crippen LogP contribution in [0.1, 0.15) is 5.56 Å². The second-order valence-electron chi connectivity index (χ2n) is 1.98. The summed E-state index contributed by atoms with van der Waals surface area (Å²) in [6.45, 7) is 1.75. The minimum Gasteiger partial charge on any atom is -0.225 e. The molecule has 0 aliphatic carbocycles. The highest BCUT2D eigenvalue weighted by atomic mass is 35.7. The number of rotatable bonds is 1. The van der Waals surface area contributed by atoms with Crippen LogP contribution in [0.15, 0.2) is 17.6 Å². The van der Waals surface area contributed by atoms with Crippen LogP contribution < -0.4 is 0 Å². The van der Waals surface area contributed by atoms with Gasteiger partial charge in [-0.1, -0.05) is 0 Å². The summed E-state index contributed by atoms with van der Waals surface area (Å²) < 4.78 is 21.2. The van der Waals surface area contributed by atoms with Crippen molar-refractivity contribution in [3.63, 3.8) is 0 Å². The summed E-state index contributed by atoms with van der Waals surface area (Å²) in [6, 6.07) is 0. The van der Waals surface area contributed by atoms with Crippen LogP contribution in [0.5, 0.6) is 0 Å². The maximum atomic E-state index is 10.6. The number of aryl methyl sites for hydroxylation is 1. The van der Waals surface area contributed by atoms with Gasteiger partial charge >= 0.3 is 0 Å². The van der Waals surface area contributed by atoms with Gasteiger partial charge in [0, 0.05) is 23.1 Å². The Kier molecular flexibility index (Phi) is 2.10. The lowest BCUT2D eigenvalue weighted by Gasteiger charge is -1.92. The van der Waals surface area contributed by atoms with Gasteiger partial charge < -0.3 is 0 Å². The first-order valence-electron chi connectivity index (χ1n) is 2.73. The molecule has 0 aliphatic heterocycles. The lowest BCUT2D eigenvalue weighted by atomic mass is 10.4. The fourth-order valence-corrected chi connectivity index (χ4v) is 1.10. The van der Waals surface area contributed by atoms with Crippen molar-refractivity contribution in [3.05, 3.63) is 18.0 Å². The molecule has 0 spiro atoms. The maximum absolute atomic E-state index is 10.6. The average molecular weight is 193 g/mol. The van der Waals surface area contributed by atoms with E-state index in [1.54, 1.807) is 6.92 Å². The van der Waals surface area contributed by atoms with Gasteiger partial charge in [0.1, 0.15) is 0 Å². The summed E-state index contributed by atoms with van der Waals surface area (Å²) in [7, 11) is 1.19. The maximum Gasteiger partial charge on any atom is 0.296 e. The second kappa shape index (κ2) is 2.75. The number of hydrogen-bond acceptors (Lipinski definition) is 4. The molecule has 4 nitrogen and oxygen atoms in total. The quantitative estimate of drug-likeness (QED) is 0.486. The third kappa shape index (κ3) is 2.13. The number of halogens is 1. The predicted molar refractivity (Wildman–Crippen MR) is 39.8 cm³/mol. The van der Waals surface area contributed by atoms with Crippen molar-refractivity contribution in [1.29, 1.82) is 0 Å². The molecule has 0 saturated heterocycles. The Bertz CT molecular complexity index is 345. The summed E-state index contributed by atoms with van der Waals surface area (Å²) >= 11 is 0. The van der Waals surface area contributed by atoms with E-state index >= 15 is 0 Å². The van der Waals surface area contributed by atoms with Gasteiger partial charge in [-0.3, -0.25) is 0 Å². The third-order valence-electron chi connectivity index (χ3n) is 0.975. The summed E-state index contributed by atoms with van der Waals surface area (Å²) in [4.78, 5) is 7.04. The zero-order chi connectivity index (χ0) is 8.48. The normalized spacial score (nSPS) is 11.5. The highest BCUT2D eigenvalue weighted by Gasteiger charge is 2.11. The highest BCUT2D eigenvalue weighted by molar-refractivity contribution is 8.13. The van der Waals surface area contributed by atoms with Crippen molar-refractivity contribution in [3.8, 4) is 0 Å². The number of hydrogen-bond donors (Lipinski definition) is 0. The van der Waals surface area contributed by atoms with Gasteiger partial charge in [0.15, 0.2) is 0 Å². The van der Waals surface area contributed by atoms with E-state index in [1.807, 2.05) is 0 Å². The second-order valence-corrected chi connectivity index (χ2v) is 4.44. The molecule has 0 unspecified atom stereocenters. The Balaban J connectivity index is 3.20. The van der Waals surface area contributed by atoms with E-state index in [1.165, 1.54) is 12.4 Å². The van der Waals surface area contributed by atoms with Crippen molar-refractivity contribution >= 4 is 19.7 Å². The van der Waals surface area contributed by atoms with Gasteiger partial charge in [-0.15, -0.1) is 0 Å². The van der Waals surface area contributed by atoms with Crippen molar-refractivity contribution in [2.24, 2.45) is 0 Å². The Labute approximate surface area is 68.7 Å². The van der Waals surface area contributed by atoms with Gasteiger partial charge in [0.25, 0.3) is 14.2 Å². The Morgan fingerprint density at radius 3 is 2.18 bits per heavy atom. The van der Waals surface area contributed by atoms with E-state index < -0.39 is 9.05 Å². The molecule has 1 heterocycles. The Morgan fingerprint density at radius 1 is 1.36 bits per heavy atom. The van der Waals surface area contributed by atoms with E-state index in [2.05, 4.69) is 9.97 Å². The molecule has 0 radical (unpaired) electrons. The Morgan fingerprint density at radius 2 is 1.82 bits per heavy atom. The molecule has 0 aliphatic rings. The molecule has 0 atom stereocenters. The molecule has 1 aromatic heterocycles. The summed E-state index contributed by atoms with van der Waals surface area (Å²) in [6.07, 6.45) is 2.78. The van der Waals surface area contributed by atoms with Gasteiger partial charge in [0.05, 0.1) is 0 Å². The van der Waals surface area contributed by atoms with Gasteiger partial charge in [-0.05, 0) is 12.5 Å². The first-order chi connectivity index (χ1) is 5.00. The van der Waals surface area contributed by atoms with Crippen LogP contribution >= 0.6 is 10.7 Å². The highest BCUT2D eigenvalue weighted by Crippen LogP contribution is 2.07. The first-order valence-corrected chi connectivity index (χ1v) is 5.04. The van der Waals surface area contributed by atoms with Crippen LogP contribution in [-0.4, -0.2) is 18.4 Å². The molecule has 1 aromatic rings. The molecule has 0 fully saturated rings. The predicted octanol–water partition coefficient (Wildman–Crippen LogP) is 0.713. The summed E-state index contributed by atoms with van der Waals surface area (Å²) in [5.41, 5.74) is 0.786. The standard InChI is InChI=1S/C5H5ClN2O2S/c1-4-2-7-5(8-3-4)11(6,9)10/h2-3H,1H3. The lowest BCUT2D eigenvalue weighted by molar-refractivity contribution is 0.601. The molecule has 0 amide bonds. The molecule has 60 valence electrons. The van der Waals surface area contributed by atoms with E-state index in [-0.39, 0.29) is 5.16 Å². The molecular formula is C5H5ClN2O2S. The van der Waals surface area contributed by atoms with Crippen LogP contribution in [0, 0.1) is 6.92 Å². The van der Waals surface area contributed by atoms with Gasteiger partial charge in [-0.25, -0.2) is 18.4 Å². The van der Waals surface area contributed by atoms with Crippen LogP contribution in [0.2, 0.25) is 0 Å². The number of nitrogens with zero attached hydrogens (tertiary/aromatic N) is 2. The fraction of sp³-hybridized carbons (Fsp3) is 0.200. The molecule has 0 N–H and O–H groups in total. The monoisotopic (exact) mass is 192 g/mol. The Hall–Kier alpha value is -0.680. The van der Waals surface area contributed by atoms with E-state index in [0.29, 0.717) is 0 Å². The largest absolute Gasteiger partial charge is 0.296 e. The molecule has 0 bridgehead atoms. The van der Waals surface area contributed by atoms with Gasteiger partial charge in [0.2, 0.25) is 0 Å². The van der Waals surface area contributed by atoms with E-state index in [0.717, 1.165) is 5.56 Å². The van der Waals surface area contributed by atoms with Crippen LogP contribution in [0.4, 0.5) is 0 Å². The van der Waals surface area contributed by atoms with Crippen molar-refractivity contribution in [2.75, 3.05) is 0 Å². The zero-order valence-corrected chi connectivity index (χ0v) is 7.22. The SMILES string of the molecule is Cc1cnc(S(=O)(=O)Cl)nc1. The van der Waals surface area contributed by atoms with Crippen molar-refractivity contribution in [2.45, 2.75) is 12.1 Å². The van der Waals surface area contributed by atoms with Crippen molar-refractivity contribution < 1.29 is 8.42 Å². The minimum absolute atomic E-state index is 0.357. The van der Waals surface area contributed by atoms with E-state index in [9.17, 15) is 8.42 Å². The molecule has 11 heavy (non-hydrogen) atoms. The molecule has 1 rings (SSSR count). The molecule has 0 saturated carbocycles. The summed E-state index contributed by atoms with van der Waals surface area (Å²) in [5, 5.41) is -0.357. The lowest BCUT2D eigenvalue weighted by Crippen LogP contribution is -1.98. The van der Waals surface area contributed by atoms with E-state index in [4.69, 9.17) is 10.7 Å². The zero-order valence-electron chi connectivity index (χ0n) is 5.65. The summed E-state index contributed by atoms with van der Waals surface area (Å²) in [5.74, 6) is 0.